The fraction of sp³-hybridized carbons (Fsp3) is 0.242. The molecule has 2 N–H and O–H groups in total. The molecule has 3 aromatic heterocycles. The first kappa shape index (κ1) is 27.4. The van der Waals surface area contributed by atoms with Crippen LogP contribution in [0.15, 0.2) is 67.5 Å². The molecule has 1 saturated heterocycles. The van der Waals surface area contributed by atoms with Crippen LogP contribution in [0.3, 0.4) is 0 Å². The number of fused-ring (bicyclic) bond motifs is 1. The van der Waals surface area contributed by atoms with Gasteiger partial charge < -0.3 is 20.1 Å². The van der Waals surface area contributed by atoms with E-state index in [4.69, 9.17) is 4.98 Å². The maximum Gasteiger partial charge on any atom is 0.247 e. The molecular weight excluding hydrogens is 529 g/mol. The third-order valence-electron chi connectivity index (χ3n) is 8.30. The van der Waals surface area contributed by atoms with Gasteiger partial charge in [-0.3, -0.25) is 9.48 Å². The van der Waals surface area contributed by atoms with Crippen molar-refractivity contribution in [2.45, 2.75) is 13.8 Å². The highest BCUT2D eigenvalue weighted by atomic mass is 19.1. The number of amides is 1. The van der Waals surface area contributed by atoms with Gasteiger partial charge in [0.25, 0.3) is 0 Å². The molecule has 1 aliphatic heterocycles. The number of nitrogens with one attached hydrogen (secondary N) is 2. The molecule has 1 fully saturated rings. The van der Waals surface area contributed by atoms with Gasteiger partial charge in [0.2, 0.25) is 5.91 Å². The number of anilines is 2. The van der Waals surface area contributed by atoms with Crippen LogP contribution in [-0.2, 0) is 11.8 Å². The summed E-state index contributed by atoms with van der Waals surface area (Å²) in [6.07, 6.45) is 4.84. The first-order valence-electron chi connectivity index (χ1n) is 14.0. The number of rotatable bonds is 6. The van der Waals surface area contributed by atoms with Gasteiger partial charge >= 0.3 is 0 Å². The van der Waals surface area contributed by atoms with Gasteiger partial charge in [0.15, 0.2) is 0 Å². The number of hydrogen-bond donors (Lipinski definition) is 2. The van der Waals surface area contributed by atoms with Crippen LogP contribution in [0.25, 0.3) is 44.5 Å². The second-order valence-corrected chi connectivity index (χ2v) is 10.9. The van der Waals surface area contributed by atoms with E-state index in [1.807, 2.05) is 37.1 Å². The number of nitrogens with zero attached hydrogens (tertiary/aromatic N) is 5. The maximum atomic E-state index is 15.4. The molecule has 5 aromatic rings. The maximum absolute atomic E-state index is 15.4. The zero-order valence-electron chi connectivity index (χ0n) is 24.3. The van der Waals surface area contributed by atoms with Crippen LogP contribution in [0.2, 0.25) is 0 Å². The number of likely N-dealkylation sites (N-methyl/N-ethyl adjacent to an activating group) is 1. The number of aromatic nitrogens is 4. The first-order valence-corrected chi connectivity index (χ1v) is 14.0. The number of aryl methyl sites for hydroxylation is 1. The highest BCUT2D eigenvalue weighted by Gasteiger charge is 2.21. The summed E-state index contributed by atoms with van der Waals surface area (Å²) in [5, 5.41) is 8.01. The van der Waals surface area contributed by atoms with E-state index in [-0.39, 0.29) is 0 Å². The number of aromatic amines is 1. The number of benzene rings is 2. The van der Waals surface area contributed by atoms with Crippen molar-refractivity contribution in [2.24, 2.45) is 7.05 Å². The van der Waals surface area contributed by atoms with Gasteiger partial charge in [0.1, 0.15) is 11.5 Å². The Morgan fingerprint density at radius 1 is 1.00 bits per heavy atom. The summed E-state index contributed by atoms with van der Waals surface area (Å²) in [6, 6.07) is 13.9. The fourth-order valence-corrected chi connectivity index (χ4v) is 5.56. The predicted octanol–water partition coefficient (Wildman–Crippen LogP) is 5.93. The molecule has 42 heavy (non-hydrogen) atoms. The molecule has 9 heteroatoms. The third-order valence-corrected chi connectivity index (χ3v) is 8.30. The van der Waals surface area contributed by atoms with Crippen LogP contribution in [0.4, 0.5) is 15.8 Å². The van der Waals surface area contributed by atoms with Crippen LogP contribution < -0.4 is 10.2 Å². The Balaban J connectivity index is 1.52. The molecule has 214 valence electrons. The molecule has 0 spiro atoms. The van der Waals surface area contributed by atoms with Crippen LogP contribution in [-0.4, -0.2) is 63.8 Å². The van der Waals surface area contributed by atoms with Gasteiger partial charge in [0, 0.05) is 84.1 Å². The van der Waals surface area contributed by atoms with E-state index in [2.05, 4.69) is 69.2 Å². The number of H-pyrrole nitrogens is 1. The van der Waals surface area contributed by atoms with Gasteiger partial charge in [-0.15, -0.1) is 0 Å². The first-order chi connectivity index (χ1) is 20.2. The summed E-state index contributed by atoms with van der Waals surface area (Å²) >= 11 is 0. The lowest BCUT2D eigenvalue weighted by Crippen LogP contribution is -2.44. The Labute approximate surface area is 244 Å². The van der Waals surface area contributed by atoms with Gasteiger partial charge in [0.05, 0.1) is 11.9 Å². The largest absolute Gasteiger partial charge is 0.369 e. The van der Waals surface area contributed by atoms with Crippen molar-refractivity contribution in [2.75, 3.05) is 43.4 Å². The van der Waals surface area contributed by atoms with Crippen LogP contribution >= 0.6 is 0 Å². The van der Waals surface area contributed by atoms with Gasteiger partial charge in [-0.2, -0.15) is 5.10 Å². The molecule has 1 amide bonds. The molecule has 0 unspecified atom stereocenters. The van der Waals surface area contributed by atoms with Crippen molar-refractivity contribution in [3.05, 3.63) is 84.6 Å². The number of carbonyl (C=O) groups excluding carboxylic acids is 1. The highest BCUT2D eigenvalue weighted by Crippen LogP contribution is 2.41. The fourth-order valence-electron chi connectivity index (χ4n) is 5.56. The molecule has 0 bridgehead atoms. The summed E-state index contributed by atoms with van der Waals surface area (Å²) in [5.74, 6) is -0.811. The van der Waals surface area contributed by atoms with Crippen LogP contribution in [0, 0.1) is 19.7 Å². The monoisotopic (exact) mass is 563 g/mol. The van der Waals surface area contributed by atoms with E-state index in [0.29, 0.717) is 22.5 Å². The Kier molecular flexibility index (Phi) is 7.12. The summed E-state index contributed by atoms with van der Waals surface area (Å²) in [7, 11) is 4.06. The minimum atomic E-state index is -0.412. The summed E-state index contributed by atoms with van der Waals surface area (Å²) < 4.78 is 17.2. The predicted molar refractivity (Wildman–Crippen MR) is 167 cm³/mol. The van der Waals surface area contributed by atoms with Crippen LogP contribution in [0.1, 0.15) is 11.3 Å². The highest BCUT2D eigenvalue weighted by molar-refractivity contribution is 6.05. The quantitative estimate of drug-likeness (QED) is 0.250. The zero-order valence-corrected chi connectivity index (χ0v) is 24.3. The van der Waals surface area contributed by atoms with Crippen molar-refractivity contribution < 1.29 is 9.18 Å². The Morgan fingerprint density at radius 2 is 1.74 bits per heavy atom. The summed E-state index contributed by atoms with van der Waals surface area (Å²) in [4.78, 5) is 25.2. The minimum Gasteiger partial charge on any atom is -0.369 e. The lowest BCUT2D eigenvalue weighted by atomic mass is 9.95. The summed E-state index contributed by atoms with van der Waals surface area (Å²) in [5.41, 5.74) is 8.74. The third kappa shape index (κ3) is 4.96. The molecule has 2 aromatic carbocycles. The van der Waals surface area contributed by atoms with Gasteiger partial charge in [-0.1, -0.05) is 18.7 Å². The van der Waals surface area contributed by atoms with Crippen molar-refractivity contribution in [3.63, 3.8) is 0 Å². The molecule has 0 radical (unpaired) electrons. The lowest BCUT2D eigenvalue weighted by molar-refractivity contribution is -0.111. The average molecular weight is 564 g/mol. The molecule has 0 aliphatic carbocycles. The number of halogens is 1. The van der Waals surface area contributed by atoms with Crippen molar-refractivity contribution in [1.82, 2.24) is 24.6 Å². The van der Waals surface area contributed by atoms with E-state index in [0.717, 1.165) is 65.2 Å². The van der Waals surface area contributed by atoms with Gasteiger partial charge in [-0.05, 0) is 68.4 Å². The van der Waals surface area contributed by atoms with Crippen molar-refractivity contribution >= 4 is 28.3 Å². The van der Waals surface area contributed by atoms with Crippen molar-refractivity contribution in [3.8, 4) is 33.5 Å². The second-order valence-electron chi connectivity index (χ2n) is 10.9. The molecular formula is C33H34FN7O. The van der Waals surface area contributed by atoms with E-state index in [1.165, 1.54) is 17.8 Å². The molecule has 6 rings (SSSR count). The van der Waals surface area contributed by atoms with Crippen molar-refractivity contribution in [1.29, 1.82) is 0 Å². The normalized spacial score (nSPS) is 14.0. The summed E-state index contributed by atoms with van der Waals surface area (Å²) in [6.45, 7) is 11.2. The average Bonchev–Trinajstić information content (AvgIpc) is 3.54. The molecule has 8 nitrogen and oxygen atoms in total. The second kappa shape index (κ2) is 10.9. The number of hydrogen-bond acceptors (Lipinski definition) is 5. The molecule has 1 aliphatic rings. The van der Waals surface area contributed by atoms with Gasteiger partial charge in [-0.25, -0.2) is 9.37 Å². The number of pyridine rings is 1. The topological polar surface area (TPSA) is 82.1 Å². The standard InChI is InChI=1S/C33H34FN7O/c1-6-30(42)37-29-17-23(16-28(34)20(29)2)31-26-15-24(27-19-36-40(5)21(27)3)18-35-33(26)38-32(31)22-7-9-25(10-8-22)41-13-11-39(4)12-14-41/h6-10,15-19H,1,11-14H2,2-5H3,(H,35,38)(H,37,42). The zero-order chi connectivity index (χ0) is 29.5. The van der Waals surface area contributed by atoms with E-state index >= 15 is 4.39 Å². The molecule has 4 heterocycles. The number of carbonyl (C=O) groups is 1. The van der Waals surface area contributed by atoms with Crippen LogP contribution in [0.5, 0.6) is 0 Å². The van der Waals surface area contributed by atoms with E-state index in [9.17, 15) is 4.79 Å². The van der Waals surface area contributed by atoms with E-state index in [1.54, 1.807) is 6.92 Å². The lowest BCUT2D eigenvalue weighted by Gasteiger charge is -2.34. The Bertz CT molecular complexity index is 1810. The Morgan fingerprint density at radius 3 is 2.40 bits per heavy atom. The van der Waals surface area contributed by atoms with E-state index < -0.39 is 11.7 Å². The smallest absolute Gasteiger partial charge is 0.247 e. The SMILES string of the molecule is C=CC(=O)Nc1cc(-c2c(-c3ccc(N4CCN(C)CC4)cc3)[nH]c3ncc(-c4cnn(C)c4C)cc23)cc(F)c1C. The number of piperazine rings is 1. The molecule has 0 atom stereocenters. The molecule has 0 saturated carbocycles. The Hall–Kier alpha value is -4.76. The minimum absolute atomic E-state index is 0.358.